The first-order chi connectivity index (χ1) is 12.0. The SMILES string of the molecule is C=C/C=C(\C=C)C1(NC(=O)CCCOc2ccc(Cl)cc2Cl)CCC1. The lowest BCUT2D eigenvalue weighted by Gasteiger charge is -2.43. The highest BCUT2D eigenvalue weighted by Crippen LogP contribution is 2.39. The Morgan fingerprint density at radius 3 is 2.64 bits per heavy atom. The molecular formula is C20H23Cl2NO2. The number of benzene rings is 1. The van der Waals surface area contributed by atoms with Crippen LogP contribution in [0.25, 0.3) is 0 Å². The largest absolute Gasteiger partial charge is 0.492 e. The van der Waals surface area contributed by atoms with Crippen molar-refractivity contribution < 1.29 is 9.53 Å². The van der Waals surface area contributed by atoms with Crippen molar-refractivity contribution in [2.75, 3.05) is 6.61 Å². The summed E-state index contributed by atoms with van der Waals surface area (Å²) < 4.78 is 5.61. The molecule has 0 bridgehead atoms. The van der Waals surface area contributed by atoms with Gasteiger partial charge < -0.3 is 10.1 Å². The maximum absolute atomic E-state index is 12.3. The monoisotopic (exact) mass is 379 g/mol. The van der Waals surface area contributed by atoms with Gasteiger partial charge in [-0.15, -0.1) is 0 Å². The summed E-state index contributed by atoms with van der Waals surface area (Å²) in [6.07, 6.45) is 9.40. The fraction of sp³-hybridized carbons (Fsp3) is 0.350. The minimum Gasteiger partial charge on any atom is -0.492 e. The van der Waals surface area contributed by atoms with Crippen molar-refractivity contribution in [3.8, 4) is 5.75 Å². The predicted molar refractivity (Wildman–Crippen MR) is 104 cm³/mol. The molecule has 2 rings (SSSR count). The first kappa shape index (κ1) is 19.6. The molecule has 25 heavy (non-hydrogen) atoms. The Bertz CT molecular complexity index is 678. The summed E-state index contributed by atoms with van der Waals surface area (Å²) in [5.74, 6) is 0.590. The lowest BCUT2D eigenvalue weighted by molar-refractivity contribution is -0.123. The number of nitrogens with one attached hydrogen (secondary N) is 1. The number of halogens is 2. The maximum Gasteiger partial charge on any atom is 0.220 e. The van der Waals surface area contributed by atoms with E-state index in [0.717, 1.165) is 24.8 Å². The lowest BCUT2D eigenvalue weighted by atomic mass is 9.71. The van der Waals surface area contributed by atoms with Gasteiger partial charge in [-0.1, -0.05) is 54.6 Å². The van der Waals surface area contributed by atoms with Crippen molar-refractivity contribution in [2.45, 2.75) is 37.6 Å². The van der Waals surface area contributed by atoms with Crippen molar-refractivity contribution in [2.24, 2.45) is 0 Å². The van der Waals surface area contributed by atoms with E-state index in [0.29, 0.717) is 35.2 Å². The first-order valence-electron chi connectivity index (χ1n) is 8.35. The number of hydrogen-bond donors (Lipinski definition) is 1. The molecule has 0 aromatic heterocycles. The smallest absolute Gasteiger partial charge is 0.220 e. The molecule has 1 fully saturated rings. The summed E-state index contributed by atoms with van der Waals surface area (Å²) in [5, 5.41) is 4.19. The van der Waals surface area contributed by atoms with Gasteiger partial charge in [0.25, 0.3) is 0 Å². The normalized spacial score (nSPS) is 15.8. The molecule has 1 amide bonds. The molecule has 0 spiro atoms. The fourth-order valence-corrected chi connectivity index (χ4v) is 3.37. The highest BCUT2D eigenvalue weighted by molar-refractivity contribution is 6.35. The zero-order valence-electron chi connectivity index (χ0n) is 14.2. The molecule has 0 unspecified atom stereocenters. The summed E-state index contributed by atoms with van der Waals surface area (Å²) in [6, 6.07) is 5.08. The van der Waals surface area contributed by atoms with Crippen LogP contribution in [0, 0.1) is 0 Å². The number of ether oxygens (including phenoxy) is 1. The van der Waals surface area contributed by atoms with Gasteiger partial charge in [0.15, 0.2) is 0 Å². The van der Waals surface area contributed by atoms with Crippen LogP contribution in [0.1, 0.15) is 32.1 Å². The summed E-state index contributed by atoms with van der Waals surface area (Å²) >= 11 is 11.9. The summed E-state index contributed by atoms with van der Waals surface area (Å²) in [5.41, 5.74) is 0.735. The second kappa shape index (κ2) is 9.12. The van der Waals surface area contributed by atoms with E-state index in [9.17, 15) is 4.79 Å². The number of allylic oxidation sites excluding steroid dienone is 2. The molecule has 0 radical (unpaired) electrons. The lowest BCUT2D eigenvalue weighted by Crippen LogP contribution is -2.54. The first-order valence-corrected chi connectivity index (χ1v) is 9.11. The maximum atomic E-state index is 12.3. The van der Waals surface area contributed by atoms with Gasteiger partial charge >= 0.3 is 0 Å². The van der Waals surface area contributed by atoms with Crippen LogP contribution in [0.2, 0.25) is 10.0 Å². The van der Waals surface area contributed by atoms with Crippen molar-refractivity contribution in [1.29, 1.82) is 0 Å². The van der Waals surface area contributed by atoms with Crippen molar-refractivity contribution in [3.63, 3.8) is 0 Å². The molecule has 0 aliphatic heterocycles. The van der Waals surface area contributed by atoms with Crippen molar-refractivity contribution >= 4 is 29.1 Å². The molecule has 0 atom stereocenters. The van der Waals surface area contributed by atoms with E-state index in [1.54, 1.807) is 30.4 Å². The molecule has 1 aromatic rings. The molecule has 0 heterocycles. The Morgan fingerprint density at radius 1 is 1.32 bits per heavy atom. The second-order valence-electron chi connectivity index (χ2n) is 6.07. The number of carbonyl (C=O) groups excluding carboxylic acids is 1. The van der Waals surface area contributed by atoms with E-state index in [2.05, 4.69) is 18.5 Å². The van der Waals surface area contributed by atoms with Crippen LogP contribution in [-0.2, 0) is 4.79 Å². The molecule has 3 nitrogen and oxygen atoms in total. The quantitative estimate of drug-likeness (QED) is 0.454. The average molecular weight is 380 g/mol. The predicted octanol–water partition coefficient (Wildman–Crippen LogP) is 5.49. The van der Waals surface area contributed by atoms with Gasteiger partial charge in [0.2, 0.25) is 5.91 Å². The van der Waals surface area contributed by atoms with Gasteiger partial charge in [0.1, 0.15) is 5.75 Å². The number of amides is 1. The standard InChI is InChI=1S/C20H23Cl2NO2/c1-3-7-15(4-2)20(11-6-12-20)23-19(24)8-5-13-25-18-10-9-16(21)14-17(18)22/h3-4,7,9-10,14H,1-2,5-6,8,11-13H2,(H,23,24)/b15-7+. The molecule has 1 aromatic carbocycles. The van der Waals surface area contributed by atoms with Gasteiger partial charge in [-0.3, -0.25) is 4.79 Å². The zero-order valence-corrected chi connectivity index (χ0v) is 15.7. The van der Waals surface area contributed by atoms with E-state index in [1.807, 2.05) is 6.08 Å². The van der Waals surface area contributed by atoms with E-state index in [1.165, 1.54) is 0 Å². The Labute approximate surface area is 159 Å². The van der Waals surface area contributed by atoms with Crippen LogP contribution in [0.15, 0.2) is 55.2 Å². The fourth-order valence-electron chi connectivity index (χ4n) is 2.90. The average Bonchev–Trinajstić information content (AvgIpc) is 2.54. The third-order valence-corrected chi connectivity index (χ3v) is 4.89. The minimum atomic E-state index is -0.284. The molecule has 5 heteroatoms. The van der Waals surface area contributed by atoms with E-state index >= 15 is 0 Å². The highest BCUT2D eigenvalue weighted by Gasteiger charge is 2.40. The summed E-state index contributed by atoms with van der Waals surface area (Å²) in [4.78, 5) is 12.3. The molecule has 1 N–H and O–H groups in total. The van der Waals surface area contributed by atoms with Crippen LogP contribution in [-0.4, -0.2) is 18.1 Å². The van der Waals surface area contributed by atoms with Gasteiger partial charge in [-0.2, -0.15) is 0 Å². The van der Waals surface area contributed by atoms with Crippen LogP contribution in [0.5, 0.6) is 5.75 Å². The second-order valence-corrected chi connectivity index (χ2v) is 6.92. The van der Waals surface area contributed by atoms with E-state index in [-0.39, 0.29) is 11.4 Å². The van der Waals surface area contributed by atoms with Gasteiger partial charge in [0, 0.05) is 11.4 Å². The zero-order chi connectivity index (χ0) is 18.3. The summed E-state index contributed by atoms with van der Waals surface area (Å²) in [7, 11) is 0. The van der Waals surface area contributed by atoms with Crippen LogP contribution in [0.3, 0.4) is 0 Å². The van der Waals surface area contributed by atoms with E-state index < -0.39 is 0 Å². The van der Waals surface area contributed by atoms with Gasteiger partial charge in [-0.05, 0) is 49.5 Å². The van der Waals surface area contributed by atoms with Gasteiger partial charge in [-0.25, -0.2) is 0 Å². The van der Waals surface area contributed by atoms with Crippen LogP contribution >= 0.6 is 23.2 Å². The molecular weight excluding hydrogens is 357 g/mol. The number of carbonyl (C=O) groups is 1. The van der Waals surface area contributed by atoms with Crippen LogP contribution < -0.4 is 10.1 Å². The molecule has 134 valence electrons. The number of hydrogen-bond acceptors (Lipinski definition) is 2. The van der Waals surface area contributed by atoms with E-state index in [4.69, 9.17) is 27.9 Å². The van der Waals surface area contributed by atoms with Crippen molar-refractivity contribution in [3.05, 3.63) is 65.2 Å². The molecule has 1 aliphatic carbocycles. The highest BCUT2D eigenvalue weighted by atomic mass is 35.5. The third-order valence-electron chi connectivity index (χ3n) is 4.36. The van der Waals surface area contributed by atoms with Crippen LogP contribution in [0.4, 0.5) is 0 Å². The number of rotatable bonds is 9. The Hall–Kier alpha value is -1.71. The molecule has 1 saturated carbocycles. The molecule has 0 saturated heterocycles. The van der Waals surface area contributed by atoms with Crippen molar-refractivity contribution in [1.82, 2.24) is 5.32 Å². The third kappa shape index (κ3) is 5.13. The Balaban J connectivity index is 1.81. The minimum absolute atomic E-state index is 0.0160. The summed E-state index contributed by atoms with van der Waals surface area (Å²) in [6.45, 7) is 7.99. The Kier molecular flexibility index (Phi) is 7.15. The van der Waals surface area contributed by atoms with Gasteiger partial charge in [0.05, 0.1) is 17.2 Å². The molecule has 1 aliphatic rings. The topological polar surface area (TPSA) is 38.3 Å². The Morgan fingerprint density at radius 2 is 2.08 bits per heavy atom.